The summed E-state index contributed by atoms with van der Waals surface area (Å²) in [7, 11) is 0. The van der Waals surface area contributed by atoms with E-state index in [1.54, 1.807) is 36.4 Å². The number of rotatable bonds is 2. The fourth-order valence-corrected chi connectivity index (χ4v) is 4.13. The Labute approximate surface area is 174 Å². The minimum atomic E-state index is -0.291. The van der Waals surface area contributed by atoms with Crippen LogP contribution in [0.25, 0.3) is 33.9 Å². The molecule has 0 unspecified atom stereocenters. The van der Waals surface area contributed by atoms with Crippen molar-refractivity contribution in [1.29, 1.82) is 0 Å². The summed E-state index contributed by atoms with van der Waals surface area (Å²) in [6.45, 7) is 0. The van der Waals surface area contributed by atoms with Crippen molar-refractivity contribution in [3.05, 3.63) is 45.6 Å². The molecule has 1 aliphatic carbocycles. The summed E-state index contributed by atoms with van der Waals surface area (Å²) in [5.41, 5.74) is 0.929. The number of halogens is 2. The summed E-state index contributed by atoms with van der Waals surface area (Å²) in [5, 5.41) is 42.8. The highest BCUT2D eigenvalue weighted by molar-refractivity contribution is 9.10. The van der Waals surface area contributed by atoms with E-state index in [4.69, 9.17) is 0 Å². The van der Waals surface area contributed by atoms with Crippen LogP contribution in [0.15, 0.2) is 45.6 Å². The van der Waals surface area contributed by atoms with E-state index >= 15 is 0 Å². The molecule has 4 aromatic heterocycles. The third-order valence-corrected chi connectivity index (χ3v) is 5.48. The van der Waals surface area contributed by atoms with E-state index in [2.05, 4.69) is 41.8 Å². The van der Waals surface area contributed by atoms with Gasteiger partial charge in [0.1, 0.15) is 20.8 Å². The van der Waals surface area contributed by atoms with Crippen molar-refractivity contribution in [3.8, 4) is 57.4 Å². The highest BCUT2D eigenvalue weighted by Crippen LogP contribution is 2.65. The topological polar surface area (TPSA) is 117 Å². The van der Waals surface area contributed by atoms with Crippen molar-refractivity contribution in [2.75, 3.05) is 0 Å². The molecule has 0 spiro atoms. The highest BCUT2D eigenvalue weighted by atomic mass is 79.9. The number of hydrogen-bond acceptors (Lipinski definition) is 6. The molecule has 1 aliphatic rings. The van der Waals surface area contributed by atoms with Gasteiger partial charge in [-0.2, -0.15) is 0 Å². The second kappa shape index (κ2) is 5.76. The predicted molar refractivity (Wildman–Crippen MR) is 107 cm³/mol. The van der Waals surface area contributed by atoms with Gasteiger partial charge in [0.25, 0.3) is 0 Å². The molecular formula is C18H10Br2N4O4. The first-order chi connectivity index (χ1) is 13.4. The molecule has 4 aromatic rings. The standard InChI is InChI=1S/C18H10Br2N4O4/c19-7-3-1-5-9(21-7)23-15(25)11-12(16(23)26)14-13(11)17(27)24(18(14)28)10-6-2-4-8(20)22-10/h1-6,25-28H. The monoisotopic (exact) mass is 504 g/mol. The van der Waals surface area contributed by atoms with E-state index in [1.807, 2.05) is 0 Å². The molecule has 4 N–H and O–H groups in total. The van der Waals surface area contributed by atoms with Gasteiger partial charge in [-0.1, -0.05) is 12.1 Å². The van der Waals surface area contributed by atoms with Crippen molar-refractivity contribution < 1.29 is 20.4 Å². The van der Waals surface area contributed by atoms with Gasteiger partial charge in [0, 0.05) is 0 Å². The summed E-state index contributed by atoms with van der Waals surface area (Å²) in [4.78, 5) is 8.46. The van der Waals surface area contributed by atoms with Crippen LogP contribution in [0.1, 0.15) is 0 Å². The van der Waals surface area contributed by atoms with E-state index in [-0.39, 0.29) is 57.4 Å². The van der Waals surface area contributed by atoms with E-state index in [0.29, 0.717) is 9.21 Å². The smallest absolute Gasteiger partial charge is 0.208 e. The molecule has 0 radical (unpaired) electrons. The molecule has 0 aromatic carbocycles. The third kappa shape index (κ3) is 2.09. The van der Waals surface area contributed by atoms with Gasteiger partial charge in [-0.25, -0.2) is 19.1 Å². The van der Waals surface area contributed by atoms with Crippen LogP contribution in [-0.2, 0) is 0 Å². The van der Waals surface area contributed by atoms with Gasteiger partial charge in [-0.05, 0) is 56.1 Å². The summed E-state index contributed by atoms with van der Waals surface area (Å²) in [5.74, 6) is -0.605. The molecule has 8 nitrogen and oxygen atoms in total. The molecule has 140 valence electrons. The highest BCUT2D eigenvalue weighted by Gasteiger charge is 2.44. The zero-order chi connectivity index (χ0) is 19.7. The maximum Gasteiger partial charge on any atom is 0.208 e. The third-order valence-electron chi connectivity index (χ3n) is 4.60. The minimum absolute atomic E-state index is 0.232. The molecule has 5 rings (SSSR count). The zero-order valence-corrected chi connectivity index (χ0v) is 17.0. The lowest BCUT2D eigenvalue weighted by Crippen LogP contribution is -1.97. The number of pyridine rings is 2. The van der Waals surface area contributed by atoms with Crippen LogP contribution in [0.4, 0.5) is 0 Å². The molecule has 0 saturated heterocycles. The fraction of sp³-hybridized carbons (Fsp3) is 0. The molecule has 0 atom stereocenters. The number of aromatic nitrogens is 4. The Hall–Kier alpha value is -2.98. The van der Waals surface area contributed by atoms with Gasteiger partial charge >= 0.3 is 0 Å². The summed E-state index contributed by atoms with van der Waals surface area (Å²) in [6.07, 6.45) is 0. The number of nitrogens with zero attached hydrogens (tertiary/aromatic N) is 4. The van der Waals surface area contributed by atoms with Gasteiger partial charge in [0.2, 0.25) is 23.5 Å². The van der Waals surface area contributed by atoms with E-state index in [1.165, 1.54) is 0 Å². The summed E-state index contributed by atoms with van der Waals surface area (Å²) >= 11 is 6.51. The van der Waals surface area contributed by atoms with Crippen LogP contribution in [0.5, 0.6) is 23.5 Å². The van der Waals surface area contributed by atoms with Crippen LogP contribution in [0.3, 0.4) is 0 Å². The van der Waals surface area contributed by atoms with Gasteiger partial charge < -0.3 is 20.4 Å². The Morgan fingerprint density at radius 3 is 1.18 bits per heavy atom. The van der Waals surface area contributed by atoms with Crippen LogP contribution >= 0.6 is 31.9 Å². The summed E-state index contributed by atoms with van der Waals surface area (Å²) in [6, 6.07) is 10.1. The minimum Gasteiger partial charge on any atom is -0.494 e. The second-order valence-corrected chi connectivity index (χ2v) is 7.73. The van der Waals surface area contributed by atoms with E-state index < -0.39 is 0 Å². The quantitative estimate of drug-likeness (QED) is 0.269. The van der Waals surface area contributed by atoms with Gasteiger partial charge in [-0.3, -0.25) is 0 Å². The first-order valence-electron chi connectivity index (χ1n) is 8.00. The molecule has 10 heteroatoms. The molecular weight excluding hydrogens is 496 g/mol. The fourth-order valence-electron chi connectivity index (χ4n) is 3.46. The molecule has 0 saturated carbocycles. The van der Waals surface area contributed by atoms with E-state index in [9.17, 15) is 20.4 Å². The van der Waals surface area contributed by atoms with Crippen molar-refractivity contribution >= 4 is 31.9 Å². The first kappa shape index (κ1) is 17.1. The molecule has 0 aliphatic heterocycles. The van der Waals surface area contributed by atoms with E-state index in [0.717, 1.165) is 9.13 Å². The Kier molecular flexibility index (Phi) is 3.52. The normalized spacial score (nSPS) is 11.8. The lowest BCUT2D eigenvalue weighted by molar-refractivity contribution is 0.396. The van der Waals surface area contributed by atoms with Gasteiger partial charge in [0.15, 0.2) is 0 Å². The number of aromatic hydroxyl groups is 4. The molecule has 4 heterocycles. The van der Waals surface area contributed by atoms with Crippen LogP contribution in [0, 0.1) is 0 Å². The predicted octanol–water partition coefficient (Wildman–Crippen LogP) is 4.05. The summed E-state index contributed by atoms with van der Waals surface area (Å²) < 4.78 is 3.35. The maximum atomic E-state index is 10.7. The Morgan fingerprint density at radius 2 is 0.893 bits per heavy atom. The molecule has 28 heavy (non-hydrogen) atoms. The van der Waals surface area contributed by atoms with Crippen LogP contribution < -0.4 is 0 Å². The Morgan fingerprint density at radius 1 is 0.571 bits per heavy atom. The van der Waals surface area contributed by atoms with Crippen LogP contribution in [0.2, 0.25) is 0 Å². The van der Waals surface area contributed by atoms with Crippen LogP contribution in [-0.4, -0.2) is 39.5 Å². The van der Waals surface area contributed by atoms with Crippen molar-refractivity contribution in [2.24, 2.45) is 0 Å². The average molecular weight is 506 g/mol. The largest absolute Gasteiger partial charge is 0.494 e. The van der Waals surface area contributed by atoms with Gasteiger partial charge in [0.05, 0.1) is 22.3 Å². The zero-order valence-electron chi connectivity index (χ0n) is 13.8. The SMILES string of the molecule is Oc1c2c(c(O)n1-c1cccc(Br)n1)-c1c-2c(O)n(-c2cccc(Br)n2)c1O. The Balaban J connectivity index is 1.73. The lowest BCUT2D eigenvalue weighted by atomic mass is 9.86. The van der Waals surface area contributed by atoms with Crippen molar-refractivity contribution in [2.45, 2.75) is 0 Å². The molecule has 0 fully saturated rings. The second-order valence-electron chi connectivity index (χ2n) is 6.10. The molecule has 0 bridgehead atoms. The molecule has 0 amide bonds. The average Bonchev–Trinajstić information content (AvgIpc) is 2.93. The van der Waals surface area contributed by atoms with Crippen molar-refractivity contribution in [3.63, 3.8) is 0 Å². The first-order valence-corrected chi connectivity index (χ1v) is 9.58. The maximum absolute atomic E-state index is 10.7. The lowest BCUT2D eigenvalue weighted by Gasteiger charge is -2.14. The Bertz CT molecular complexity index is 1130. The number of fused-ring (bicyclic) bond motifs is 4. The van der Waals surface area contributed by atoms with Crippen molar-refractivity contribution in [1.82, 2.24) is 19.1 Å². The number of hydrogen-bond donors (Lipinski definition) is 4. The van der Waals surface area contributed by atoms with Gasteiger partial charge in [-0.15, -0.1) is 0 Å².